The molecule has 128 valence electrons. The van der Waals surface area contributed by atoms with Gasteiger partial charge in [0.15, 0.2) is 9.84 Å². The van der Waals surface area contributed by atoms with Crippen molar-refractivity contribution < 1.29 is 17.9 Å². The Morgan fingerprint density at radius 1 is 1.25 bits per heavy atom. The van der Waals surface area contributed by atoms with E-state index in [1.807, 2.05) is 13.8 Å². The van der Waals surface area contributed by atoms with Crippen molar-refractivity contribution in [2.24, 2.45) is 0 Å². The van der Waals surface area contributed by atoms with Crippen LogP contribution in [0.3, 0.4) is 0 Å². The monoisotopic (exact) mass is 348 g/mol. The SMILES string of the molecule is CCS(=O)(=O)c1cccc(NC(=O)c2ccc(OC(C)C)nc2)c1. The summed E-state index contributed by atoms with van der Waals surface area (Å²) < 4.78 is 29.2. The number of carbonyl (C=O) groups excluding carboxylic acids is 1. The number of benzene rings is 1. The summed E-state index contributed by atoms with van der Waals surface area (Å²) in [5, 5.41) is 2.67. The summed E-state index contributed by atoms with van der Waals surface area (Å²) in [6, 6.07) is 9.40. The average Bonchev–Trinajstić information content (AvgIpc) is 2.55. The van der Waals surface area contributed by atoms with Crippen LogP contribution in [0.15, 0.2) is 47.5 Å². The van der Waals surface area contributed by atoms with Crippen LogP contribution >= 0.6 is 0 Å². The minimum atomic E-state index is -3.32. The molecule has 1 aromatic carbocycles. The molecule has 0 aliphatic carbocycles. The van der Waals surface area contributed by atoms with Crippen molar-refractivity contribution in [1.29, 1.82) is 0 Å². The quantitative estimate of drug-likeness (QED) is 0.867. The summed E-state index contributed by atoms with van der Waals surface area (Å²) in [6.07, 6.45) is 1.42. The zero-order valence-electron chi connectivity index (χ0n) is 13.8. The molecule has 6 nitrogen and oxygen atoms in total. The molecule has 0 radical (unpaired) electrons. The van der Waals surface area contributed by atoms with E-state index in [1.54, 1.807) is 31.2 Å². The lowest BCUT2D eigenvalue weighted by molar-refractivity contribution is 0.102. The van der Waals surface area contributed by atoms with Crippen molar-refractivity contribution >= 4 is 21.4 Å². The first-order valence-electron chi connectivity index (χ1n) is 7.58. The van der Waals surface area contributed by atoms with Gasteiger partial charge in [0, 0.05) is 18.0 Å². The number of hydrogen-bond acceptors (Lipinski definition) is 5. The number of anilines is 1. The van der Waals surface area contributed by atoms with Crippen LogP contribution < -0.4 is 10.1 Å². The van der Waals surface area contributed by atoms with Gasteiger partial charge in [0.2, 0.25) is 5.88 Å². The number of sulfone groups is 1. The minimum absolute atomic E-state index is 0.000399. The lowest BCUT2D eigenvalue weighted by atomic mass is 10.2. The van der Waals surface area contributed by atoms with Gasteiger partial charge >= 0.3 is 0 Å². The summed E-state index contributed by atoms with van der Waals surface area (Å²) in [4.78, 5) is 16.5. The number of rotatable bonds is 6. The van der Waals surface area contributed by atoms with E-state index in [0.717, 1.165) is 0 Å². The van der Waals surface area contributed by atoms with Gasteiger partial charge in [0.25, 0.3) is 5.91 Å². The van der Waals surface area contributed by atoms with Crippen molar-refractivity contribution in [3.05, 3.63) is 48.2 Å². The van der Waals surface area contributed by atoms with E-state index in [9.17, 15) is 13.2 Å². The molecule has 2 aromatic rings. The van der Waals surface area contributed by atoms with Crippen LogP contribution in [-0.2, 0) is 9.84 Å². The van der Waals surface area contributed by atoms with E-state index in [4.69, 9.17) is 4.74 Å². The Balaban J connectivity index is 2.14. The summed E-state index contributed by atoms with van der Waals surface area (Å²) in [7, 11) is -3.32. The standard InChI is InChI=1S/C17H20N2O4S/c1-4-24(21,22)15-7-5-6-14(10-15)19-17(20)13-8-9-16(18-11-13)23-12(2)3/h5-12H,4H2,1-3H3,(H,19,20). The zero-order chi connectivity index (χ0) is 17.7. The van der Waals surface area contributed by atoms with Crippen molar-refractivity contribution in [2.75, 3.05) is 11.1 Å². The topological polar surface area (TPSA) is 85.4 Å². The summed E-state index contributed by atoms with van der Waals surface area (Å²) in [5.74, 6) is 0.0771. The van der Waals surface area contributed by atoms with Gasteiger partial charge in [-0.3, -0.25) is 4.79 Å². The molecular formula is C17H20N2O4S. The third kappa shape index (κ3) is 4.55. The first-order valence-corrected chi connectivity index (χ1v) is 9.24. The lowest BCUT2D eigenvalue weighted by Gasteiger charge is -2.10. The van der Waals surface area contributed by atoms with Crippen LogP contribution in [0.5, 0.6) is 5.88 Å². The van der Waals surface area contributed by atoms with Crippen LogP contribution in [0.1, 0.15) is 31.1 Å². The maximum atomic E-state index is 12.2. The molecular weight excluding hydrogens is 328 g/mol. The van der Waals surface area contributed by atoms with Crippen molar-refractivity contribution in [2.45, 2.75) is 31.8 Å². The fourth-order valence-corrected chi connectivity index (χ4v) is 2.89. The highest BCUT2D eigenvalue weighted by Crippen LogP contribution is 2.18. The van der Waals surface area contributed by atoms with Crippen LogP contribution in [0, 0.1) is 0 Å². The summed E-state index contributed by atoms with van der Waals surface area (Å²) in [6.45, 7) is 5.35. The van der Waals surface area contributed by atoms with Gasteiger partial charge in [0.1, 0.15) is 0 Å². The van der Waals surface area contributed by atoms with Gasteiger partial charge < -0.3 is 10.1 Å². The van der Waals surface area contributed by atoms with Gasteiger partial charge in [-0.2, -0.15) is 0 Å². The molecule has 1 heterocycles. The molecule has 0 spiro atoms. The van der Waals surface area contributed by atoms with Gasteiger partial charge in [-0.15, -0.1) is 0 Å². The number of ether oxygens (including phenoxy) is 1. The van der Waals surface area contributed by atoms with E-state index in [0.29, 0.717) is 17.1 Å². The molecule has 0 unspecified atom stereocenters. The number of pyridine rings is 1. The number of nitrogens with one attached hydrogen (secondary N) is 1. The highest BCUT2D eigenvalue weighted by Gasteiger charge is 2.13. The molecule has 0 saturated carbocycles. The van der Waals surface area contributed by atoms with Crippen LogP contribution in [0.4, 0.5) is 5.69 Å². The van der Waals surface area contributed by atoms with E-state index >= 15 is 0 Å². The lowest BCUT2D eigenvalue weighted by Crippen LogP contribution is -2.13. The van der Waals surface area contributed by atoms with Gasteiger partial charge in [-0.1, -0.05) is 13.0 Å². The second-order valence-electron chi connectivity index (χ2n) is 5.44. The number of aromatic nitrogens is 1. The Morgan fingerprint density at radius 3 is 2.58 bits per heavy atom. The molecule has 0 aliphatic rings. The Hall–Kier alpha value is -2.41. The third-order valence-electron chi connectivity index (χ3n) is 3.19. The predicted molar refractivity (Wildman–Crippen MR) is 92.1 cm³/mol. The predicted octanol–water partition coefficient (Wildman–Crippen LogP) is 2.91. The maximum Gasteiger partial charge on any atom is 0.257 e. The highest BCUT2D eigenvalue weighted by molar-refractivity contribution is 7.91. The molecule has 0 aliphatic heterocycles. The third-order valence-corrected chi connectivity index (χ3v) is 4.92. The Kier molecular flexibility index (Phi) is 5.56. The van der Waals surface area contributed by atoms with E-state index in [1.165, 1.54) is 18.3 Å². The molecule has 7 heteroatoms. The maximum absolute atomic E-state index is 12.2. The normalized spacial score (nSPS) is 11.3. The van der Waals surface area contributed by atoms with E-state index in [2.05, 4.69) is 10.3 Å². The van der Waals surface area contributed by atoms with Crippen LogP contribution in [-0.4, -0.2) is 31.2 Å². The molecule has 1 aromatic heterocycles. The second-order valence-corrected chi connectivity index (χ2v) is 7.72. The average molecular weight is 348 g/mol. The Bertz CT molecular complexity index is 815. The smallest absolute Gasteiger partial charge is 0.257 e. The molecule has 0 fully saturated rings. The molecule has 0 atom stereocenters. The second kappa shape index (κ2) is 7.44. The van der Waals surface area contributed by atoms with Crippen LogP contribution in [0.2, 0.25) is 0 Å². The summed E-state index contributed by atoms with van der Waals surface area (Å²) >= 11 is 0. The fraction of sp³-hybridized carbons (Fsp3) is 0.294. The van der Waals surface area contributed by atoms with Gasteiger partial charge in [-0.25, -0.2) is 13.4 Å². The molecule has 1 amide bonds. The molecule has 24 heavy (non-hydrogen) atoms. The Labute approximate surface area is 141 Å². The van der Waals surface area contributed by atoms with Crippen molar-refractivity contribution in [1.82, 2.24) is 4.98 Å². The number of hydrogen-bond donors (Lipinski definition) is 1. The van der Waals surface area contributed by atoms with Gasteiger partial charge in [-0.05, 0) is 38.1 Å². The summed E-state index contributed by atoms with van der Waals surface area (Å²) in [5.41, 5.74) is 0.770. The Morgan fingerprint density at radius 2 is 2.00 bits per heavy atom. The van der Waals surface area contributed by atoms with E-state index < -0.39 is 9.84 Å². The first kappa shape index (κ1) is 17.9. The fourth-order valence-electron chi connectivity index (χ4n) is 1.96. The van der Waals surface area contributed by atoms with E-state index in [-0.39, 0.29) is 22.7 Å². The largest absolute Gasteiger partial charge is 0.475 e. The first-order chi connectivity index (χ1) is 11.3. The highest BCUT2D eigenvalue weighted by atomic mass is 32.2. The molecule has 0 bridgehead atoms. The van der Waals surface area contributed by atoms with Crippen molar-refractivity contribution in [3.8, 4) is 5.88 Å². The minimum Gasteiger partial charge on any atom is -0.475 e. The number of nitrogens with zero attached hydrogens (tertiary/aromatic N) is 1. The van der Waals surface area contributed by atoms with Gasteiger partial charge in [0.05, 0.1) is 22.3 Å². The molecule has 2 rings (SSSR count). The zero-order valence-corrected chi connectivity index (χ0v) is 14.6. The number of amides is 1. The van der Waals surface area contributed by atoms with Crippen molar-refractivity contribution in [3.63, 3.8) is 0 Å². The molecule has 0 saturated heterocycles. The number of carbonyl (C=O) groups is 1. The van der Waals surface area contributed by atoms with Crippen LogP contribution in [0.25, 0.3) is 0 Å². The molecule has 1 N–H and O–H groups in total.